The van der Waals surface area contributed by atoms with Gasteiger partial charge in [-0.3, -0.25) is 0 Å². The van der Waals surface area contributed by atoms with Gasteiger partial charge in [-0.2, -0.15) is 0 Å². The molecule has 4 aliphatic rings. The van der Waals surface area contributed by atoms with E-state index in [-0.39, 0.29) is 6.10 Å². The molecule has 120 valence electrons. The Labute approximate surface area is 150 Å². The molecule has 0 spiro atoms. The first-order chi connectivity index (χ1) is 11.7. The van der Waals surface area contributed by atoms with Crippen LogP contribution < -0.4 is 0 Å². The molecule has 5 rings (SSSR count). The molecule has 0 aromatic heterocycles. The molecule has 1 aromatic rings. The summed E-state index contributed by atoms with van der Waals surface area (Å²) < 4.78 is 12.3. The van der Waals surface area contributed by atoms with Crippen molar-refractivity contribution in [1.29, 1.82) is 0 Å². The predicted molar refractivity (Wildman–Crippen MR) is 98.4 cm³/mol. The second-order valence-corrected chi connectivity index (χ2v) is 7.48. The molecule has 1 aromatic carbocycles. The molecule has 3 heteroatoms. The smallest absolute Gasteiger partial charge is 0.190 e. The summed E-state index contributed by atoms with van der Waals surface area (Å²) in [5.74, 6) is 0.909. The molecule has 1 unspecified atom stereocenters. The summed E-state index contributed by atoms with van der Waals surface area (Å²) in [6.45, 7) is 2.54. The molecule has 0 saturated carbocycles. The summed E-state index contributed by atoms with van der Waals surface area (Å²) in [6.07, 6.45) is 8.83. The quantitative estimate of drug-likeness (QED) is 0.702. The van der Waals surface area contributed by atoms with Gasteiger partial charge < -0.3 is 9.47 Å². The van der Waals surface area contributed by atoms with Crippen molar-refractivity contribution in [3.63, 3.8) is 0 Å². The third kappa shape index (κ3) is 2.11. The second kappa shape index (κ2) is 5.33. The van der Waals surface area contributed by atoms with Crippen molar-refractivity contribution in [1.82, 2.24) is 0 Å². The summed E-state index contributed by atoms with van der Waals surface area (Å²) >= 11 is 3.72. The largest absolute Gasteiger partial charge is 0.468 e. The second-order valence-electron chi connectivity index (χ2n) is 6.68. The SMILES string of the molecule is CC1=C(CC2=Cc3ccccc3C2)C2=CC3OCOC3=C(Br)C2=C1. The zero-order valence-corrected chi connectivity index (χ0v) is 15.0. The first-order valence-electron chi connectivity index (χ1n) is 8.26. The van der Waals surface area contributed by atoms with Gasteiger partial charge in [0.15, 0.2) is 6.79 Å². The number of fused-ring (bicyclic) bond motifs is 3. The monoisotopic (exact) mass is 380 g/mol. The van der Waals surface area contributed by atoms with Gasteiger partial charge in [-0.1, -0.05) is 35.9 Å². The van der Waals surface area contributed by atoms with Crippen LogP contribution in [0.5, 0.6) is 0 Å². The van der Waals surface area contributed by atoms with E-state index >= 15 is 0 Å². The lowest BCUT2D eigenvalue weighted by Gasteiger charge is -2.20. The topological polar surface area (TPSA) is 18.5 Å². The molecule has 1 fully saturated rings. The van der Waals surface area contributed by atoms with E-state index in [0.717, 1.165) is 23.1 Å². The zero-order valence-electron chi connectivity index (χ0n) is 13.4. The van der Waals surface area contributed by atoms with Gasteiger partial charge in [0.2, 0.25) is 0 Å². The van der Waals surface area contributed by atoms with Crippen LogP contribution in [0.1, 0.15) is 24.5 Å². The van der Waals surface area contributed by atoms with Crippen molar-refractivity contribution in [2.45, 2.75) is 25.9 Å². The molecule has 0 radical (unpaired) electrons. The highest BCUT2D eigenvalue weighted by molar-refractivity contribution is 9.12. The predicted octanol–water partition coefficient (Wildman–Crippen LogP) is 5.19. The van der Waals surface area contributed by atoms with Crippen LogP contribution in [0.2, 0.25) is 0 Å². The lowest BCUT2D eigenvalue weighted by Crippen LogP contribution is -2.13. The normalized spacial score (nSPS) is 24.2. The Kier molecular flexibility index (Phi) is 3.22. The van der Waals surface area contributed by atoms with Crippen LogP contribution in [0.4, 0.5) is 0 Å². The first-order valence-corrected chi connectivity index (χ1v) is 9.06. The number of ether oxygens (including phenoxy) is 2. The molecule has 1 aliphatic heterocycles. The van der Waals surface area contributed by atoms with Gasteiger partial charge in [-0.15, -0.1) is 0 Å². The van der Waals surface area contributed by atoms with Crippen LogP contribution in [0.25, 0.3) is 6.08 Å². The lowest BCUT2D eigenvalue weighted by molar-refractivity contribution is 0.0629. The third-order valence-electron chi connectivity index (χ3n) is 5.18. The van der Waals surface area contributed by atoms with Crippen LogP contribution in [-0.2, 0) is 15.9 Å². The Morgan fingerprint density at radius 3 is 2.92 bits per heavy atom. The van der Waals surface area contributed by atoms with Crippen LogP contribution in [-0.4, -0.2) is 12.9 Å². The minimum atomic E-state index is -0.0535. The van der Waals surface area contributed by atoms with Crippen molar-refractivity contribution in [3.05, 3.63) is 85.7 Å². The number of hydrogen-bond donors (Lipinski definition) is 0. The molecule has 24 heavy (non-hydrogen) atoms. The van der Waals surface area contributed by atoms with E-state index in [2.05, 4.69) is 65.3 Å². The van der Waals surface area contributed by atoms with Gasteiger partial charge in [0, 0.05) is 0 Å². The molecule has 0 bridgehead atoms. The standard InChI is InChI=1S/C21H17BrO2/c1-12-6-18-17(10-19-21(20(18)22)24-11-23-19)16(12)9-13-7-14-4-2-3-5-15(14)8-13/h2-7,10,19H,8-9,11H2,1H3. The van der Waals surface area contributed by atoms with Gasteiger partial charge in [-0.25, -0.2) is 0 Å². The van der Waals surface area contributed by atoms with Crippen molar-refractivity contribution in [2.24, 2.45) is 0 Å². The molecule has 0 N–H and O–H groups in total. The van der Waals surface area contributed by atoms with E-state index in [1.165, 1.54) is 39.0 Å². The lowest BCUT2D eigenvalue weighted by atomic mass is 9.90. The van der Waals surface area contributed by atoms with Gasteiger partial charge >= 0.3 is 0 Å². The number of rotatable bonds is 2. The van der Waals surface area contributed by atoms with Crippen molar-refractivity contribution in [3.8, 4) is 0 Å². The van der Waals surface area contributed by atoms with Crippen LogP contribution in [0.15, 0.2) is 74.5 Å². The summed E-state index contributed by atoms with van der Waals surface area (Å²) in [5, 5.41) is 0. The highest BCUT2D eigenvalue weighted by Gasteiger charge is 2.35. The molecule has 2 nitrogen and oxygen atoms in total. The highest BCUT2D eigenvalue weighted by atomic mass is 79.9. The number of hydrogen-bond acceptors (Lipinski definition) is 2. The van der Waals surface area contributed by atoms with E-state index in [1.54, 1.807) is 0 Å². The van der Waals surface area contributed by atoms with Crippen LogP contribution in [0, 0.1) is 0 Å². The van der Waals surface area contributed by atoms with Gasteiger partial charge in [0.25, 0.3) is 0 Å². The van der Waals surface area contributed by atoms with Crippen molar-refractivity contribution >= 4 is 22.0 Å². The highest BCUT2D eigenvalue weighted by Crippen LogP contribution is 2.47. The Morgan fingerprint density at radius 1 is 1.17 bits per heavy atom. The maximum atomic E-state index is 5.69. The Morgan fingerprint density at radius 2 is 2.04 bits per heavy atom. The fourth-order valence-corrected chi connectivity index (χ4v) is 4.65. The fourth-order valence-electron chi connectivity index (χ4n) is 3.98. The maximum Gasteiger partial charge on any atom is 0.190 e. The minimum Gasteiger partial charge on any atom is -0.468 e. The molecule has 1 saturated heterocycles. The van der Waals surface area contributed by atoms with Crippen molar-refractivity contribution in [2.75, 3.05) is 6.79 Å². The van der Waals surface area contributed by atoms with Crippen molar-refractivity contribution < 1.29 is 9.47 Å². The molecular weight excluding hydrogens is 364 g/mol. The molecule has 0 amide bonds. The van der Waals surface area contributed by atoms with Crippen LogP contribution in [0.3, 0.4) is 0 Å². The Hall–Kier alpha value is -1.84. The number of allylic oxidation sites excluding steroid dienone is 7. The minimum absolute atomic E-state index is 0.0535. The van der Waals surface area contributed by atoms with E-state index in [0.29, 0.717) is 6.79 Å². The average Bonchev–Trinajstić information content (AvgIpc) is 3.27. The summed E-state index contributed by atoms with van der Waals surface area (Å²) in [4.78, 5) is 0. The Balaban J connectivity index is 1.46. The van der Waals surface area contributed by atoms with E-state index in [4.69, 9.17) is 9.47 Å². The van der Waals surface area contributed by atoms with Gasteiger partial charge in [0.1, 0.15) is 11.9 Å². The van der Waals surface area contributed by atoms with E-state index < -0.39 is 0 Å². The zero-order chi connectivity index (χ0) is 16.3. The van der Waals surface area contributed by atoms with E-state index in [9.17, 15) is 0 Å². The molecule has 1 heterocycles. The number of benzene rings is 1. The fraction of sp³-hybridized carbons (Fsp3) is 0.238. The Bertz CT molecular complexity index is 912. The van der Waals surface area contributed by atoms with Gasteiger partial charge in [0.05, 0.1) is 4.48 Å². The summed E-state index contributed by atoms with van der Waals surface area (Å²) in [7, 11) is 0. The molecule has 3 aliphatic carbocycles. The summed E-state index contributed by atoms with van der Waals surface area (Å²) in [6, 6.07) is 8.67. The molecular formula is C21H17BrO2. The van der Waals surface area contributed by atoms with Gasteiger partial charge in [-0.05, 0) is 81.3 Å². The maximum absolute atomic E-state index is 5.69. The van der Waals surface area contributed by atoms with E-state index in [1.807, 2.05) is 0 Å². The van der Waals surface area contributed by atoms with Crippen LogP contribution >= 0.6 is 15.9 Å². The number of halogens is 1. The first kappa shape index (κ1) is 14.5. The third-order valence-corrected chi connectivity index (χ3v) is 6.00. The average molecular weight is 381 g/mol. The summed E-state index contributed by atoms with van der Waals surface area (Å²) in [5.41, 5.74) is 9.57. The molecule has 1 atom stereocenters.